The predicted molar refractivity (Wildman–Crippen MR) is 109 cm³/mol. The molecule has 2 heterocycles. The summed E-state index contributed by atoms with van der Waals surface area (Å²) < 4.78 is 5.50. The third kappa shape index (κ3) is 3.07. The summed E-state index contributed by atoms with van der Waals surface area (Å²) in [5, 5.41) is 0. The molecule has 5 nitrogen and oxygen atoms in total. The predicted octanol–water partition coefficient (Wildman–Crippen LogP) is 3.77. The van der Waals surface area contributed by atoms with Crippen molar-refractivity contribution < 1.29 is 14.3 Å². The van der Waals surface area contributed by atoms with Gasteiger partial charge in [-0.3, -0.25) is 9.59 Å². The zero-order chi connectivity index (χ0) is 19.7. The number of benzene rings is 2. The molecule has 28 heavy (non-hydrogen) atoms. The number of methoxy groups -OCH3 is 1. The van der Waals surface area contributed by atoms with Gasteiger partial charge in [0.15, 0.2) is 0 Å². The first-order valence-corrected chi connectivity index (χ1v) is 9.70. The molecule has 0 spiro atoms. The fraction of sp³-hybridized carbons (Fsp3) is 0.304. The molecular weight excluding hydrogens is 352 g/mol. The molecule has 2 aromatic rings. The highest BCUT2D eigenvalue weighted by Gasteiger charge is 2.43. The quantitative estimate of drug-likeness (QED) is 0.762. The summed E-state index contributed by atoms with van der Waals surface area (Å²) in [5.74, 6) is 0.0540. The lowest BCUT2D eigenvalue weighted by molar-refractivity contribution is -0.120. The molecule has 0 unspecified atom stereocenters. The van der Waals surface area contributed by atoms with Crippen molar-refractivity contribution in [2.24, 2.45) is 0 Å². The minimum atomic E-state index is -0.291. The number of carbonyl (C=O) groups excluding carboxylic acids is 2. The van der Waals surface area contributed by atoms with E-state index in [2.05, 4.69) is 4.90 Å². The molecule has 2 aromatic carbocycles. The first kappa shape index (κ1) is 18.3. The summed E-state index contributed by atoms with van der Waals surface area (Å²) in [4.78, 5) is 30.4. The van der Waals surface area contributed by atoms with Gasteiger partial charge in [0.05, 0.1) is 18.4 Å². The van der Waals surface area contributed by atoms with Crippen LogP contribution in [0, 0.1) is 6.92 Å². The highest BCUT2D eigenvalue weighted by molar-refractivity contribution is 6.45. The van der Waals surface area contributed by atoms with E-state index >= 15 is 0 Å². The topological polar surface area (TPSA) is 49.9 Å². The fourth-order valence-electron chi connectivity index (χ4n) is 4.02. The van der Waals surface area contributed by atoms with Crippen LogP contribution in [-0.4, -0.2) is 36.9 Å². The Bertz CT molecular complexity index is 958. The lowest BCUT2D eigenvalue weighted by atomic mass is 10.0. The first-order valence-electron chi connectivity index (χ1n) is 9.70. The number of rotatable bonds is 4. The average molecular weight is 376 g/mol. The SMILES string of the molecule is COc1ccccc1C1=C(N2CCCCC2)C(=O)N(c2cccc(C)c2)C1=O. The molecule has 0 N–H and O–H groups in total. The maximum absolute atomic E-state index is 13.5. The van der Waals surface area contributed by atoms with Crippen molar-refractivity contribution in [2.75, 3.05) is 25.1 Å². The molecule has 144 valence electrons. The minimum Gasteiger partial charge on any atom is -0.496 e. The Morgan fingerprint density at radius 2 is 1.64 bits per heavy atom. The van der Waals surface area contributed by atoms with Crippen LogP contribution in [0.3, 0.4) is 0 Å². The summed E-state index contributed by atoms with van der Waals surface area (Å²) in [5.41, 5.74) is 3.21. The van der Waals surface area contributed by atoms with E-state index in [0.29, 0.717) is 28.3 Å². The van der Waals surface area contributed by atoms with Crippen molar-refractivity contribution in [2.45, 2.75) is 26.2 Å². The van der Waals surface area contributed by atoms with Crippen molar-refractivity contribution >= 4 is 23.1 Å². The molecule has 0 aromatic heterocycles. The Morgan fingerprint density at radius 1 is 0.893 bits per heavy atom. The van der Waals surface area contributed by atoms with Gasteiger partial charge in [0.2, 0.25) is 0 Å². The van der Waals surface area contributed by atoms with Crippen molar-refractivity contribution in [3.05, 3.63) is 65.4 Å². The molecule has 1 fully saturated rings. The third-order valence-corrected chi connectivity index (χ3v) is 5.37. The van der Waals surface area contributed by atoms with Crippen LogP contribution in [0.25, 0.3) is 5.57 Å². The molecule has 0 saturated carbocycles. The van der Waals surface area contributed by atoms with Gasteiger partial charge in [0.1, 0.15) is 11.4 Å². The van der Waals surface area contributed by atoms with Gasteiger partial charge in [0, 0.05) is 18.7 Å². The molecule has 1 saturated heterocycles. The second-order valence-corrected chi connectivity index (χ2v) is 7.26. The van der Waals surface area contributed by atoms with Crippen LogP contribution in [0.5, 0.6) is 5.75 Å². The van der Waals surface area contributed by atoms with E-state index in [1.165, 1.54) is 4.90 Å². The van der Waals surface area contributed by atoms with Gasteiger partial charge in [-0.15, -0.1) is 0 Å². The zero-order valence-corrected chi connectivity index (χ0v) is 16.3. The van der Waals surface area contributed by atoms with Crippen molar-refractivity contribution in [1.29, 1.82) is 0 Å². The molecule has 0 aliphatic carbocycles. The molecule has 2 aliphatic rings. The molecule has 2 amide bonds. The van der Waals surface area contributed by atoms with E-state index in [-0.39, 0.29) is 11.8 Å². The van der Waals surface area contributed by atoms with E-state index in [9.17, 15) is 9.59 Å². The highest BCUT2D eigenvalue weighted by Crippen LogP contribution is 2.39. The van der Waals surface area contributed by atoms with E-state index in [0.717, 1.165) is 37.9 Å². The normalized spacial score (nSPS) is 17.5. The fourth-order valence-corrected chi connectivity index (χ4v) is 4.02. The molecule has 0 bridgehead atoms. The van der Waals surface area contributed by atoms with Gasteiger partial charge in [-0.25, -0.2) is 4.90 Å². The Balaban J connectivity index is 1.87. The first-order chi connectivity index (χ1) is 13.6. The standard InChI is InChI=1S/C23H24N2O3/c1-16-9-8-10-17(15-16)25-22(26)20(18-11-4-5-12-19(18)28-2)21(23(25)27)24-13-6-3-7-14-24/h4-5,8-12,15H,3,6-7,13-14H2,1-2H3. The Hall–Kier alpha value is -3.08. The molecule has 0 atom stereocenters. The van der Waals surface area contributed by atoms with Crippen LogP contribution in [0.4, 0.5) is 5.69 Å². The lowest BCUT2D eigenvalue weighted by Gasteiger charge is -2.29. The van der Waals surface area contributed by atoms with Gasteiger partial charge in [-0.05, 0) is 49.9 Å². The van der Waals surface area contributed by atoms with Gasteiger partial charge < -0.3 is 9.64 Å². The van der Waals surface area contributed by atoms with E-state index < -0.39 is 0 Å². The Kier molecular flexibility index (Phi) is 4.90. The summed E-state index contributed by atoms with van der Waals surface area (Å²) in [7, 11) is 1.58. The van der Waals surface area contributed by atoms with Crippen LogP contribution in [0.1, 0.15) is 30.4 Å². The van der Waals surface area contributed by atoms with Gasteiger partial charge in [-0.1, -0.05) is 30.3 Å². The summed E-state index contributed by atoms with van der Waals surface area (Å²) >= 11 is 0. The van der Waals surface area contributed by atoms with Crippen LogP contribution in [-0.2, 0) is 9.59 Å². The minimum absolute atomic E-state index is 0.251. The Morgan fingerprint density at radius 3 is 2.36 bits per heavy atom. The number of hydrogen-bond donors (Lipinski definition) is 0. The van der Waals surface area contributed by atoms with Gasteiger partial charge in [-0.2, -0.15) is 0 Å². The number of amides is 2. The highest BCUT2D eigenvalue weighted by atomic mass is 16.5. The monoisotopic (exact) mass is 376 g/mol. The zero-order valence-electron chi connectivity index (χ0n) is 16.3. The maximum atomic E-state index is 13.5. The average Bonchev–Trinajstić information content (AvgIpc) is 2.98. The number of imide groups is 1. The number of hydrogen-bond acceptors (Lipinski definition) is 4. The molecule has 5 heteroatoms. The number of likely N-dealkylation sites (tertiary alicyclic amines) is 1. The number of nitrogens with zero attached hydrogens (tertiary/aromatic N) is 2. The van der Waals surface area contributed by atoms with E-state index in [1.807, 2.05) is 55.5 Å². The molecule has 0 radical (unpaired) electrons. The third-order valence-electron chi connectivity index (χ3n) is 5.37. The maximum Gasteiger partial charge on any atom is 0.282 e. The van der Waals surface area contributed by atoms with Crippen LogP contribution in [0.15, 0.2) is 54.2 Å². The number of carbonyl (C=O) groups is 2. The number of aryl methyl sites for hydroxylation is 1. The number of anilines is 1. The van der Waals surface area contributed by atoms with Crippen molar-refractivity contribution in [3.8, 4) is 5.75 Å². The number of ether oxygens (including phenoxy) is 1. The molecule has 2 aliphatic heterocycles. The van der Waals surface area contributed by atoms with Crippen molar-refractivity contribution in [3.63, 3.8) is 0 Å². The number of para-hydroxylation sites is 1. The Labute approximate surface area is 165 Å². The van der Waals surface area contributed by atoms with E-state index in [1.54, 1.807) is 7.11 Å². The van der Waals surface area contributed by atoms with Gasteiger partial charge >= 0.3 is 0 Å². The molecular formula is C23H24N2O3. The largest absolute Gasteiger partial charge is 0.496 e. The van der Waals surface area contributed by atoms with Crippen molar-refractivity contribution in [1.82, 2.24) is 4.90 Å². The van der Waals surface area contributed by atoms with E-state index in [4.69, 9.17) is 4.74 Å². The summed E-state index contributed by atoms with van der Waals surface area (Å²) in [6.07, 6.45) is 3.20. The second kappa shape index (κ2) is 7.50. The smallest absolute Gasteiger partial charge is 0.282 e. The van der Waals surface area contributed by atoms with Crippen LogP contribution < -0.4 is 9.64 Å². The van der Waals surface area contributed by atoms with Crippen LogP contribution >= 0.6 is 0 Å². The second-order valence-electron chi connectivity index (χ2n) is 7.26. The van der Waals surface area contributed by atoms with Gasteiger partial charge in [0.25, 0.3) is 11.8 Å². The summed E-state index contributed by atoms with van der Waals surface area (Å²) in [6.45, 7) is 3.53. The number of piperidine rings is 1. The molecule has 4 rings (SSSR count). The lowest BCUT2D eigenvalue weighted by Crippen LogP contribution is -2.37. The summed E-state index contributed by atoms with van der Waals surface area (Å²) in [6, 6.07) is 14.9. The van der Waals surface area contributed by atoms with Crippen LogP contribution in [0.2, 0.25) is 0 Å².